The molecule has 0 unspecified atom stereocenters. The van der Waals surface area contributed by atoms with Gasteiger partial charge in [0.15, 0.2) is 5.75 Å². The van der Waals surface area contributed by atoms with Crippen molar-refractivity contribution >= 4 is 28.7 Å². The van der Waals surface area contributed by atoms with Crippen molar-refractivity contribution in [3.05, 3.63) is 63.5 Å². The highest BCUT2D eigenvalue weighted by Crippen LogP contribution is 2.38. The molecule has 0 atom stereocenters. The largest absolute Gasteiger partial charge is 0.413 e. The zero-order valence-electron chi connectivity index (χ0n) is 17.1. The van der Waals surface area contributed by atoms with Crippen molar-refractivity contribution in [1.82, 2.24) is 14.9 Å². The van der Waals surface area contributed by atoms with Gasteiger partial charge < -0.3 is 14.8 Å². The van der Waals surface area contributed by atoms with E-state index < -0.39 is 53.5 Å². The van der Waals surface area contributed by atoms with Crippen molar-refractivity contribution in [1.29, 1.82) is 0 Å². The average molecular weight is 504 g/mol. The SMILES string of the molecule is O=C(NC1(C(F)(F)F)CCOCC1)Oc1cn(-c2ccc(F)cc2F)c2nc(Cl)ccc2c1=O. The van der Waals surface area contributed by atoms with Gasteiger partial charge in [-0.2, -0.15) is 13.2 Å². The second kappa shape index (κ2) is 8.84. The predicted octanol–water partition coefficient (Wildman–Crippen LogP) is 4.52. The molecule has 7 nitrogen and oxygen atoms in total. The number of alkyl halides is 3. The minimum atomic E-state index is -4.81. The molecule has 1 amide bonds. The van der Waals surface area contributed by atoms with Crippen LogP contribution in [0.1, 0.15) is 12.8 Å². The van der Waals surface area contributed by atoms with Gasteiger partial charge in [0, 0.05) is 32.1 Å². The van der Waals surface area contributed by atoms with E-state index in [1.54, 1.807) is 0 Å². The first-order valence-corrected chi connectivity index (χ1v) is 10.2. The van der Waals surface area contributed by atoms with Gasteiger partial charge in [-0.3, -0.25) is 9.36 Å². The summed E-state index contributed by atoms with van der Waals surface area (Å²) in [6.07, 6.45) is -6.57. The van der Waals surface area contributed by atoms with Gasteiger partial charge >= 0.3 is 12.3 Å². The third-order valence-electron chi connectivity index (χ3n) is 5.39. The van der Waals surface area contributed by atoms with Crippen LogP contribution in [-0.4, -0.2) is 40.6 Å². The van der Waals surface area contributed by atoms with Crippen molar-refractivity contribution in [2.75, 3.05) is 13.2 Å². The number of carbonyl (C=O) groups is 1. The molecule has 180 valence electrons. The zero-order valence-corrected chi connectivity index (χ0v) is 17.8. The van der Waals surface area contributed by atoms with Gasteiger partial charge in [0.25, 0.3) is 0 Å². The van der Waals surface area contributed by atoms with E-state index in [1.165, 1.54) is 12.1 Å². The van der Waals surface area contributed by atoms with Crippen molar-refractivity contribution < 1.29 is 36.2 Å². The lowest BCUT2D eigenvalue weighted by atomic mass is 9.89. The zero-order chi connectivity index (χ0) is 24.7. The Morgan fingerprint density at radius 3 is 2.53 bits per heavy atom. The summed E-state index contributed by atoms with van der Waals surface area (Å²) in [4.78, 5) is 29.3. The Morgan fingerprint density at radius 2 is 1.88 bits per heavy atom. The number of nitrogens with one attached hydrogen (secondary N) is 1. The van der Waals surface area contributed by atoms with E-state index in [0.717, 1.165) is 22.9 Å². The molecule has 0 bridgehead atoms. The molecule has 2 aromatic heterocycles. The quantitative estimate of drug-likeness (QED) is 0.420. The number of fused-ring (bicyclic) bond motifs is 1. The molecule has 13 heteroatoms. The molecule has 1 N–H and O–H groups in total. The number of halogens is 6. The van der Waals surface area contributed by atoms with E-state index in [4.69, 9.17) is 21.1 Å². The van der Waals surface area contributed by atoms with Gasteiger partial charge in [-0.05, 0) is 24.3 Å². The molecule has 1 aromatic carbocycles. The first-order valence-electron chi connectivity index (χ1n) is 9.82. The molecule has 1 fully saturated rings. The van der Waals surface area contributed by atoms with Crippen LogP contribution in [0.3, 0.4) is 0 Å². The Labute approximate surface area is 193 Å². The Kier molecular flexibility index (Phi) is 6.21. The molecule has 0 saturated carbocycles. The van der Waals surface area contributed by atoms with Crippen LogP contribution >= 0.6 is 11.6 Å². The maximum Gasteiger partial charge on any atom is 0.413 e. The van der Waals surface area contributed by atoms with Crippen molar-refractivity contribution in [3.8, 4) is 11.4 Å². The minimum Gasteiger partial charge on any atom is -0.405 e. The van der Waals surface area contributed by atoms with Crippen molar-refractivity contribution in [3.63, 3.8) is 0 Å². The van der Waals surface area contributed by atoms with Gasteiger partial charge in [-0.25, -0.2) is 18.6 Å². The summed E-state index contributed by atoms with van der Waals surface area (Å²) < 4.78 is 79.9. The summed E-state index contributed by atoms with van der Waals surface area (Å²) in [5, 5.41) is 1.58. The first-order chi connectivity index (χ1) is 16.0. The van der Waals surface area contributed by atoms with Crippen LogP contribution in [0.25, 0.3) is 16.7 Å². The summed E-state index contributed by atoms with van der Waals surface area (Å²) in [6.45, 7) is -0.475. The molecular formula is C21H15ClF5N3O4. The fraction of sp³-hybridized carbons (Fsp3) is 0.286. The van der Waals surface area contributed by atoms with Crippen LogP contribution in [0.5, 0.6) is 5.75 Å². The normalized spacial score (nSPS) is 15.8. The van der Waals surface area contributed by atoms with E-state index in [2.05, 4.69) is 4.98 Å². The number of pyridine rings is 2. The van der Waals surface area contributed by atoms with Gasteiger partial charge in [0.1, 0.15) is 28.0 Å². The number of rotatable bonds is 3. The molecule has 1 aliphatic rings. The molecule has 0 spiro atoms. The molecule has 1 aliphatic heterocycles. The molecule has 34 heavy (non-hydrogen) atoms. The second-order valence-corrected chi connectivity index (χ2v) is 7.89. The Bertz CT molecular complexity index is 1320. The average Bonchev–Trinajstić information content (AvgIpc) is 2.76. The Morgan fingerprint density at radius 1 is 1.18 bits per heavy atom. The van der Waals surface area contributed by atoms with Crippen LogP contribution in [0.2, 0.25) is 5.15 Å². The maximum absolute atomic E-state index is 14.5. The maximum atomic E-state index is 14.5. The lowest BCUT2D eigenvalue weighted by Gasteiger charge is -2.38. The number of ether oxygens (including phenoxy) is 2. The highest BCUT2D eigenvalue weighted by molar-refractivity contribution is 6.29. The second-order valence-electron chi connectivity index (χ2n) is 7.50. The Hall–Kier alpha value is -3.25. The van der Waals surface area contributed by atoms with Crippen LogP contribution < -0.4 is 15.5 Å². The molecule has 3 aromatic rings. The number of carbonyl (C=O) groups excluding carboxylic acids is 1. The summed E-state index contributed by atoms with van der Waals surface area (Å²) in [5.41, 5.74) is -3.92. The number of aromatic nitrogens is 2. The summed E-state index contributed by atoms with van der Waals surface area (Å²) in [6, 6.07) is 5.04. The fourth-order valence-electron chi connectivity index (χ4n) is 3.61. The summed E-state index contributed by atoms with van der Waals surface area (Å²) in [7, 11) is 0. The lowest BCUT2D eigenvalue weighted by molar-refractivity contribution is -0.213. The van der Waals surface area contributed by atoms with Crippen LogP contribution in [0.4, 0.5) is 26.7 Å². The lowest BCUT2D eigenvalue weighted by Crippen LogP contribution is -2.62. The van der Waals surface area contributed by atoms with E-state index in [9.17, 15) is 31.5 Å². The van der Waals surface area contributed by atoms with Crippen molar-refractivity contribution in [2.24, 2.45) is 0 Å². The standard InChI is InChI=1S/C21H15ClF5N3O4/c22-16-4-2-12-17(31)15(10-30(18(12)28-16)14-3-1-11(23)9-13(14)24)34-19(32)29-20(21(25,26)27)5-7-33-8-6-20/h1-4,9-10H,5-8H2,(H,29,32). The first kappa shape index (κ1) is 23.9. The molecule has 1 saturated heterocycles. The van der Waals surface area contributed by atoms with Crippen LogP contribution in [0.15, 0.2) is 41.3 Å². The third kappa shape index (κ3) is 4.42. The van der Waals surface area contributed by atoms with Crippen molar-refractivity contribution in [2.45, 2.75) is 24.6 Å². The number of amides is 1. The number of hydrogen-bond donors (Lipinski definition) is 1. The summed E-state index contributed by atoms with van der Waals surface area (Å²) in [5.74, 6) is -2.62. The molecule has 0 radical (unpaired) electrons. The van der Waals surface area contributed by atoms with E-state index in [-0.39, 0.29) is 35.1 Å². The highest BCUT2D eigenvalue weighted by Gasteiger charge is 2.56. The Balaban J connectivity index is 1.77. The number of benzene rings is 1. The van der Waals surface area contributed by atoms with E-state index >= 15 is 0 Å². The smallest absolute Gasteiger partial charge is 0.405 e. The summed E-state index contributed by atoms with van der Waals surface area (Å²) >= 11 is 5.89. The minimum absolute atomic E-state index is 0.0544. The molecule has 4 rings (SSSR count). The van der Waals surface area contributed by atoms with Gasteiger partial charge in [-0.15, -0.1) is 0 Å². The number of hydrogen-bond acceptors (Lipinski definition) is 5. The fourth-order valence-corrected chi connectivity index (χ4v) is 3.75. The van der Waals surface area contributed by atoms with Gasteiger partial charge in [0.2, 0.25) is 5.43 Å². The topological polar surface area (TPSA) is 82.4 Å². The number of nitrogens with zero attached hydrogens (tertiary/aromatic N) is 2. The molecule has 3 heterocycles. The monoisotopic (exact) mass is 503 g/mol. The predicted molar refractivity (Wildman–Crippen MR) is 110 cm³/mol. The molecular weight excluding hydrogens is 489 g/mol. The van der Waals surface area contributed by atoms with E-state index in [0.29, 0.717) is 6.07 Å². The van der Waals surface area contributed by atoms with E-state index in [1.807, 2.05) is 5.32 Å². The van der Waals surface area contributed by atoms with Crippen LogP contribution in [-0.2, 0) is 4.74 Å². The van der Waals surface area contributed by atoms with Gasteiger partial charge in [-0.1, -0.05) is 11.6 Å². The van der Waals surface area contributed by atoms with Crippen LogP contribution in [0, 0.1) is 11.6 Å². The van der Waals surface area contributed by atoms with Gasteiger partial charge in [0.05, 0.1) is 17.3 Å². The highest BCUT2D eigenvalue weighted by atomic mass is 35.5. The third-order valence-corrected chi connectivity index (χ3v) is 5.60. The molecule has 0 aliphatic carbocycles.